The van der Waals surface area contributed by atoms with Gasteiger partial charge in [-0.2, -0.15) is 5.26 Å². The average molecular weight is 927 g/mol. The number of rotatable bonds is 24. The zero-order valence-corrected chi connectivity index (χ0v) is 40.0. The van der Waals surface area contributed by atoms with E-state index in [1.807, 2.05) is 71.6 Å². The zero-order valence-electron chi connectivity index (χ0n) is 37.5. The topological polar surface area (TPSA) is 131 Å². The summed E-state index contributed by atoms with van der Waals surface area (Å²) in [5.41, 5.74) is 2.54. The molecule has 0 radical (unpaired) electrons. The smallest absolute Gasteiger partial charge is 0.261 e. The van der Waals surface area contributed by atoms with Crippen molar-refractivity contribution in [2.45, 2.75) is 83.2 Å². The molecule has 6 rings (SSSR count). The summed E-state index contributed by atoms with van der Waals surface area (Å²) in [4.78, 5) is 43.2. The molecule has 1 fully saturated rings. The monoisotopic (exact) mass is 926 g/mol. The lowest BCUT2D eigenvalue weighted by Crippen LogP contribution is -2.42. The first-order valence-corrected chi connectivity index (χ1v) is 25.4. The Kier molecular flexibility index (Phi) is 18.1. The Morgan fingerprint density at radius 3 is 1.91 bits per heavy atom. The Morgan fingerprint density at radius 1 is 0.812 bits per heavy atom. The van der Waals surface area contributed by atoms with Crippen LogP contribution in [0.5, 0.6) is 11.5 Å². The van der Waals surface area contributed by atoms with Crippen molar-refractivity contribution in [3.8, 4) is 17.6 Å². The Morgan fingerprint density at radius 2 is 1.36 bits per heavy atom. The highest BCUT2D eigenvalue weighted by atomic mass is 33.1. The molecule has 340 valence electrons. The number of methoxy groups -OCH3 is 2. The van der Waals surface area contributed by atoms with E-state index >= 15 is 0 Å². The van der Waals surface area contributed by atoms with Crippen molar-refractivity contribution < 1.29 is 37.6 Å². The van der Waals surface area contributed by atoms with Gasteiger partial charge in [-0.1, -0.05) is 88.3 Å². The highest BCUT2D eigenvalue weighted by Gasteiger charge is 2.43. The normalized spacial score (nSPS) is 16.8. The van der Waals surface area contributed by atoms with Crippen LogP contribution in [-0.4, -0.2) is 108 Å². The Bertz CT molecular complexity index is 2100. The fourth-order valence-electron chi connectivity index (χ4n) is 8.25. The fourth-order valence-corrected chi connectivity index (χ4v) is 12.0. The van der Waals surface area contributed by atoms with Gasteiger partial charge in [0, 0.05) is 43.1 Å². The molecule has 4 aromatic rings. The summed E-state index contributed by atoms with van der Waals surface area (Å²) in [6.45, 7) is 9.56. The second-order valence-corrected chi connectivity index (χ2v) is 20.2. The number of fused-ring (bicyclic) bond motifs is 1. The lowest BCUT2D eigenvalue weighted by Gasteiger charge is -2.38. The molecule has 0 N–H and O–H groups in total. The van der Waals surface area contributed by atoms with E-state index in [0.29, 0.717) is 49.2 Å². The van der Waals surface area contributed by atoms with Crippen molar-refractivity contribution in [1.29, 1.82) is 5.26 Å². The summed E-state index contributed by atoms with van der Waals surface area (Å²) < 4.78 is 33.8. The number of ether oxygens (including phenoxy) is 3. The van der Waals surface area contributed by atoms with Crippen LogP contribution in [0.1, 0.15) is 90.8 Å². The predicted octanol–water partition coefficient (Wildman–Crippen LogP) is 9.73. The Hall–Kier alpha value is -4.45. The van der Waals surface area contributed by atoms with Gasteiger partial charge in [-0.25, -0.2) is 4.67 Å². The molecule has 1 saturated heterocycles. The zero-order chi connectivity index (χ0) is 45.6. The molecule has 0 aliphatic carbocycles. The molecular weight excluding hydrogens is 868 g/mol. The van der Waals surface area contributed by atoms with Crippen molar-refractivity contribution in [3.63, 3.8) is 0 Å². The van der Waals surface area contributed by atoms with E-state index in [9.17, 15) is 19.6 Å². The minimum absolute atomic E-state index is 0.00910. The van der Waals surface area contributed by atoms with Crippen molar-refractivity contribution in [2.75, 3.05) is 52.0 Å². The molecule has 3 amide bonds. The van der Waals surface area contributed by atoms with Gasteiger partial charge in [0.25, 0.3) is 20.3 Å². The van der Waals surface area contributed by atoms with Crippen LogP contribution in [0.15, 0.2) is 103 Å². The minimum Gasteiger partial charge on any atom is -0.497 e. The predicted molar refractivity (Wildman–Crippen MR) is 254 cm³/mol. The van der Waals surface area contributed by atoms with Crippen LogP contribution in [0, 0.1) is 11.3 Å². The molecule has 15 heteroatoms. The first-order valence-electron chi connectivity index (χ1n) is 21.7. The number of benzene rings is 4. The summed E-state index contributed by atoms with van der Waals surface area (Å²) in [5.74, 6) is 2.25. The molecule has 3 atom stereocenters. The largest absolute Gasteiger partial charge is 0.497 e. The molecule has 12 nitrogen and oxygen atoms in total. The number of nitriles is 1. The molecule has 1 unspecified atom stereocenters. The van der Waals surface area contributed by atoms with E-state index < -0.39 is 14.1 Å². The van der Waals surface area contributed by atoms with Crippen LogP contribution in [0.3, 0.4) is 0 Å². The van der Waals surface area contributed by atoms with Gasteiger partial charge in [0.1, 0.15) is 17.1 Å². The molecule has 4 aromatic carbocycles. The summed E-state index contributed by atoms with van der Waals surface area (Å²) in [7, 11) is 4.97. The van der Waals surface area contributed by atoms with Crippen molar-refractivity contribution in [1.82, 2.24) is 14.5 Å². The third kappa shape index (κ3) is 11.7. The van der Waals surface area contributed by atoms with Gasteiger partial charge in [0.15, 0.2) is 0 Å². The molecule has 64 heavy (non-hydrogen) atoms. The molecule has 0 aromatic heterocycles. The second kappa shape index (κ2) is 23.7. The maximum atomic E-state index is 14.4. The maximum Gasteiger partial charge on any atom is 0.261 e. The quantitative estimate of drug-likeness (QED) is 0.0218. The van der Waals surface area contributed by atoms with Crippen LogP contribution >= 0.6 is 30.1 Å². The third-order valence-corrected chi connectivity index (χ3v) is 15.9. The average Bonchev–Trinajstić information content (AvgIpc) is 3.82. The first kappa shape index (κ1) is 49.0. The maximum absolute atomic E-state index is 14.4. The number of carbonyl (C=O) groups excluding carboxylic acids is 3. The minimum atomic E-state index is -1.55. The van der Waals surface area contributed by atoms with E-state index in [1.54, 1.807) is 60.1 Å². The molecule has 0 spiro atoms. The van der Waals surface area contributed by atoms with Gasteiger partial charge in [-0.05, 0) is 93.6 Å². The van der Waals surface area contributed by atoms with E-state index in [4.69, 9.17) is 23.3 Å². The highest BCUT2D eigenvalue weighted by Crippen LogP contribution is 2.49. The van der Waals surface area contributed by atoms with Crippen LogP contribution in [-0.2, 0) is 24.2 Å². The molecule has 0 bridgehead atoms. The Balaban J connectivity index is 1.21. The lowest BCUT2D eigenvalue weighted by atomic mass is 9.80. The molecular formula is C49H59N4O8PS2. The molecule has 0 saturated carbocycles. The number of hydrogen-bond donors (Lipinski definition) is 0. The third-order valence-electron chi connectivity index (χ3n) is 11.2. The van der Waals surface area contributed by atoms with Crippen molar-refractivity contribution in [3.05, 3.63) is 131 Å². The van der Waals surface area contributed by atoms with Crippen LogP contribution < -0.4 is 9.47 Å². The van der Waals surface area contributed by atoms with Gasteiger partial charge < -0.3 is 28.2 Å². The molecule has 2 heterocycles. The van der Waals surface area contributed by atoms with Gasteiger partial charge in [-0.15, -0.1) is 0 Å². The van der Waals surface area contributed by atoms with E-state index in [2.05, 4.69) is 50.6 Å². The summed E-state index contributed by atoms with van der Waals surface area (Å²) in [6, 6.07) is 34.9. The molecule has 2 aliphatic rings. The van der Waals surface area contributed by atoms with E-state index in [-0.39, 0.29) is 61.6 Å². The van der Waals surface area contributed by atoms with Crippen LogP contribution in [0.4, 0.5) is 0 Å². The fraction of sp³-hybridized carbons (Fsp3) is 0.429. The number of hydrogen-bond acceptors (Lipinski definition) is 12. The van der Waals surface area contributed by atoms with E-state index in [0.717, 1.165) is 33.9 Å². The van der Waals surface area contributed by atoms with Crippen molar-refractivity contribution >= 4 is 47.8 Å². The summed E-state index contributed by atoms with van der Waals surface area (Å²) >= 11 is 0. The van der Waals surface area contributed by atoms with Crippen LogP contribution in [0.2, 0.25) is 0 Å². The number of imide groups is 1. The lowest BCUT2D eigenvalue weighted by molar-refractivity contribution is -0.134. The Labute approximate surface area is 387 Å². The second-order valence-electron chi connectivity index (χ2n) is 16.1. The van der Waals surface area contributed by atoms with Crippen molar-refractivity contribution in [2.24, 2.45) is 0 Å². The van der Waals surface area contributed by atoms with Gasteiger partial charge >= 0.3 is 0 Å². The molecule has 2 aliphatic heterocycles. The van der Waals surface area contributed by atoms with Gasteiger partial charge in [0.05, 0.1) is 63.2 Å². The number of nitrogens with zero attached hydrogens (tertiary/aromatic N) is 4. The summed E-state index contributed by atoms with van der Waals surface area (Å²) in [6.07, 6.45) is 1.40. The van der Waals surface area contributed by atoms with Crippen LogP contribution in [0.25, 0.3) is 0 Å². The van der Waals surface area contributed by atoms with Gasteiger partial charge in [-0.3, -0.25) is 19.3 Å². The summed E-state index contributed by atoms with van der Waals surface area (Å²) in [5, 5.41) is 9.32. The first-order chi connectivity index (χ1) is 31.0. The number of likely N-dealkylation sites (tertiary alicyclic amines) is 1. The number of amides is 3. The standard InChI is InChI=1S/C49H59N4O8PS2/c1-35(2)53(36(3)4)62(60-29-13-27-50)61-43-32-40(52(33-43)46(54)18-12-30-63-64-31-28-51-47(55)44-16-10-11-17-45(44)48(51)56)34-59-49(37-14-8-7-9-15-37,38-19-23-41(57-5)24-20-38)39-21-25-42(58-6)26-22-39/h7-11,14-17,19-26,35-36,40,43H,12-13,18,28-34H2,1-6H3/t40-,43+,62?/m0/s1. The SMILES string of the molecule is COc1ccc(C(OC[C@@H]2C[C@@H](OP(OCCC#N)N(C(C)C)C(C)C)CN2C(=O)CCCSSCCN2C(=O)c3ccccc3C2=O)(c2ccccc2)c2ccc(OC)cc2)cc1. The number of carbonyl (C=O) groups is 3. The van der Waals surface area contributed by atoms with Gasteiger partial charge in [0.2, 0.25) is 5.91 Å². The van der Waals surface area contributed by atoms with E-state index in [1.165, 1.54) is 4.90 Å². The highest BCUT2D eigenvalue weighted by molar-refractivity contribution is 8.76.